The molecule has 0 radical (unpaired) electrons. The Bertz CT molecular complexity index is 636. The molecule has 18 heavy (non-hydrogen) atoms. The summed E-state index contributed by atoms with van der Waals surface area (Å²) in [6.07, 6.45) is 1.89. The zero-order chi connectivity index (χ0) is 12.5. The van der Waals surface area contributed by atoms with Crippen molar-refractivity contribution in [2.24, 2.45) is 0 Å². The van der Waals surface area contributed by atoms with Crippen LogP contribution in [0.25, 0.3) is 11.8 Å². The normalized spacial score (nSPS) is 15.6. The summed E-state index contributed by atoms with van der Waals surface area (Å²) in [5, 5.41) is 0. The number of carbonyl (C=O) groups is 1. The molecule has 0 saturated carbocycles. The number of benzene rings is 2. The van der Waals surface area contributed by atoms with Gasteiger partial charge in [-0.3, -0.25) is 0 Å². The molecule has 1 heterocycles. The number of carbonyl (C=O) groups excluding carboxylic acids is 1. The minimum absolute atomic E-state index is 0.274. The molecule has 2 aromatic rings. The van der Waals surface area contributed by atoms with Crippen molar-refractivity contribution >= 4 is 17.8 Å². The Morgan fingerprint density at radius 1 is 0.944 bits per heavy atom. The molecule has 0 unspecified atom stereocenters. The van der Waals surface area contributed by atoms with Gasteiger partial charge < -0.3 is 4.74 Å². The Morgan fingerprint density at radius 3 is 2.33 bits per heavy atom. The average Bonchev–Trinajstić information content (AvgIpc) is 2.70. The number of cyclic esters (lactones) is 1. The molecule has 0 spiro atoms. The smallest absolute Gasteiger partial charge is 0.344 e. The van der Waals surface area contributed by atoms with Crippen LogP contribution >= 0.6 is 0 Å². The van der Waals surface area contributed by atoms with E-state index in [1.54, 1.807) is 6.07 Å². The number of aryl methyl sites for hydroxylation is 1. The molecule has 88 valence electrons. The summed E-state index contributed by atoms with van der Waals surface area (Å²) in [5.74, 6) is 0.350. The summed E-state index contributed by atoms with van der Waals surface area (Å²) >= 11 is 0. The number of esters is 1. The van der Waals surface area contributed by atoms with Crippen LogP contribution in [0, 0.1) is 6.92 Å². The van der Waals surface area contributed by atoms with E-state index in [0.29, 0.717) is 11.3 Å². The van der Waals surface area contributed by atoms with Crippen molar-refractivity contribution in [3.8, 4) is 0 Å². The predicted octanol–water partition coefficient (Wildman–Crippen LogP) is 3.66. The third kappa shape index (κ3) is 1.82. The van der Waals surface area contributed by atoms with Gasteiger partial charge in [-0.05, 0) is 24.6 Å². The standard InChI is InChI=1S/C16H12O2/c1-11-6-8-12(9-7-11)10-15-13-4-2-3-5-14(13)16(17)18-15/h2-10H,1H3/b15-10+. The number of hydrogen-bond donors (Lipinski definition) is 0. The topological polar surface area (TPSA) is 26.3 Å². The molecule has 2 heteroatoms. The van der Waals surface area contributed by atoms with Crippen LogP contribution in [0.1, 0.15) is 27.0 Å². The molecule has 0 amide bonds. The van der Waals surface area contributed by atoms with Crippen molar-refractivity contribution in [2.45, 2.75) is 6.92 Å². The largest absolute Gasteiger partial charge is 0.422 e. The van der Waals surface area contributed by atoms with Gasteiger partial charge >= 0.3 is 5.97 Å². The molecule has 0 atom stereocenters. The van der Waals surface area contributed by atoms with Crippen molar-refractivity contribution < 1.29 is 9.53 Å². The van der Waals surface area contributed by atoms with Crippen LogP contribution in [0.2, 0.25) is 0 Å². The number of hydrogen-bond acceptors (Lipinski definition) is 2. The minimum atomic E-state index is -0.274. The van der Waals surface area contributed by atoms with Gasteiger partial charge in [0.1, 0.15) is 5.76 Å². The zero-order valence-corrected chi connectivity index (χ0v) is 10.0. The van der Waals surface area contributed by atoms with Crippen LogP contribution in [0.5, 0.6) is 0 Å². The Kier molecular flexibility index (Phi) is 2.49. The second kappa shape index (κ2) is 4.15. The van der Waals surface area contributed by atoms with Crippen LogP contribution in [0.15, 0.2) is 48.5 Å². The lowest BCUT2D eigenvalue weighted by Gasteiger charge is -1.99. The van der Waals surface area contributed by atoms with Crippen molar-refractivity contribution in [1.82, 2.24) is 0 Å². The van der Waals surface area contributed by atoms with Gasteiger partial charge in [-0.15, -0.1) is 0 Å². The van der Waals surface area contributed by atoms with E-state index in [1.165, 1.54) is 5.56 Å². The highest BCUT2D eigenvalue weighted by Gasteiger charge is 2.25. The first-order valence-electron chi connectivity index (χ1n) is 5.84. The fourth-order valence-corrected chi connectivity index (χ4v) is 2.01. The summed E-state index contributed by atoms with van der Waals surface area (Å²) in [6, 6.07) is 15.5. The molecule has 0 N–H and O–H groups in total. The molecular formula is C16H12O2. The molecule has 1 aliphatic heterocycles. The second-order valence-corrected chi connectivity index (χ2v) is 4.35. The number of rotatable bonds is 1. The predicted molar refractivity (Wildman–Crippen MR) is 70.9 cm³/mol. The SMILES string of the molecule is Cc1ccc(/C=C2/OC(=O)c3ccccc32)cc1. The van der Waals surface area contributed by atoms with Gasteiger partial charge in [-0.25, -0.2) is 4.79 Å². The van der Waals surface area contributed by atoms with E-state index in [4.69, 9.17) is 4.74 Å². The Morgan fingerprint density at radius 2 is 1.61 bits per heavy atom. The Balaban J connectivity index is 2.04. The Hall–Kier alpha value is -2.35. The van der Waals surface area contributed by atoms with E-state index in [0.717, 1.165) is 11.1 Å². The summed E-state index contributed by atoms with van der Waals surface area (Å²) in [5.41, 5.74) is 3.74. The summed E-state index contributed by atoms with van der Waals surface area (Å²) in [7, 11) is 0. The molecule has 1 aliphatic rings. The molecule has 2 aromatic carbocycles. The molecule has 2 nitrogen and oxygen atoms in total. The van der Waals surface area contributed by atoms with Crippen molar-refractivity contribution in [3.63, 3.8) is 0 Å². The maximum Gasteiger partial charge on any atom is 0.344 e. The van der Waals surface area contributed by atoms with Crippen molar-refractivity contribution in [3.05, 3.63) is 70.8 Å². The molecule has 0 aromatic heterocycles. The van der Waals surface area contributed by atoms with Gasteiger partial charge in [0, 0.05) is 5.56 Å². The lowest BCUT2D eigenvalue weighted by atomic mass is 10.1. The first-order valence-corrected chi connectivity index (χ1v) is 5.84. The van der Waals surface area contributed by atoms with E-state index in [-0.39, 0.29) is 5.97 Å². The molecule has 0 saturated heterocycles. The van der Waals surface area contributed by atoms with E-state index in [2.05, 4.69) is 0 Å². The average molecular weight is 236 g/mol. The highest BCUT2D eigenvalue weighted by Crippen LogP contribution is 2.30. The van der Waals surface area contributed by atoms with Crippen molar-refractivity contribution in [1.29, 1.82) is 0 Å². The van der Waals surface area contributed by atoms with E-state index in [1.807, 2.05) is 55.5 Å². The molecule has 0 bridgehead atoms. The summed E-state index contributed by atoms with van der Waals surface area (Å²) in [4.78, 5) is 11.7. The highest BCUT2D eigenvalue weighted by atomic mass is 16.5. The summed E-state index contributed by atoms with van der Waals surface area (Å²) < 4.78 is 5.29. The fraction of sp³-hybridized carbons (Fsp3) is 0.0625. The maximum atomic E-state index is 11.7. The third-order valence-corrected chi connectivity index (χ3v) is 2.99. The van der Waals surface area contributed by atoms with Gasteiger partial charge in [0.25, 0.3) is 0 Å². The second-order valence-electron chi connectivity index (χ2n) is 4.35. The first-order chi connectivity index (χ1) is 8.74. The highest BCUT2D eigenvalue weighted by molar-refractivity contribution is 6.05. The minimum Gasteiger partial charge on any atom is -0.422 e. The van der Waals surface area contributed by atoms with Crippen LogP contribution in [0.3, 0.4) is 0 Å². The van der Waals surface area contributed by atoms with Gasteiger partial charge in [0.05, 0.1) is 5.56 Å². The van der Waals surface area contributed by atoms with Crippen LogP contribution < -0.4 is 0 Å². The van der Waals surface area contributed by atoms with Gasteiger partial charge in [-0.1, -0.05) is 48.0 Å². The van der Waals surface area contributed by atoms with Crippen LogP contribution in [-0.2, 0) is 4.74 Å². The first kappa shape index (κ1) is 10.8. The molecule has 0 fully saturated rings. The molecule has 0 aliphatic carbocycles. The molecule has 3 rings (SSSR count). The van der Waals surface area contributed by atoms with E-state index in [9.17, 15) is 4.79 Å². The third-order valence-electron chi connectivity index (χ3n) is 2.99. The van der Waals surface area contributed by atoms with Gasteiger partial charge in [0.15, 0.2) is 0 Å². The van der Waals surface area contributed by atoms with Crippen LogP contribution in [0.4, 0.5) is 0 Å². The van der Waals surface area contributed by atoms with Crippen LogP contribution in [-0.4, -0.2) is 5.97 Å². The lowest BCUT2D eigenvalue weighted by Crippen LogP contribution is -1.92. The van der Waals surface area contributed by atoms with E-state index >= 15 is 0 Å². The lowest BCUT2D eigenvalue weighted by molar-refractivity contribution is 0.0717. The monoisotopic (exact) mass is 236 g/mol. The zero-order valence-electron chi connectivity index (χ0n) is 10.0. The van der Waals surface area contributed by atoms with E-state index < -0.39 is 0 Å². The number of fused-ring (bicyclic) bond motifs is 1. The fourth-order valence-electron chi connectivity index (χ4n) is 2.01. The maximum absolute atomic E-state index is 11.7. The van der Waals surface area contributed by atoms with Gasteiger partial charge in [-0.2, -0.15) is 0 Å². The number of ether oxygens (including phenoxy) is 1. The Labute approximate surface area is 106 Å². The van der Waals surface area contributed by atoms with Gasteiger partial charge in [0.2, 0.25) is 0 Å². The summed E-state index contributed by atoms with van der Waals surface area (Å²) in [6.45, 7) is 2.04. The molecular weight excluding hydrogens is 224 g/mol. The quantitative estimate of drug-likeness (QED) is 0.706. The van der Waals surface area contributed by atoms with Crippen molar-refractivity contribution in [2.75, 3.05) is 0 Å².